The second kappa shape index (κ2) is 4.32. The molecule has 0 unspecified atom stereocenters. The summed E-state index contributed by atoms with van der Waals surface area (Å²) in [7, 11) is 0. The van der Waals surface area contributed by atoms with Crippen LogP contribution in [0.3, 0.4) is 0 Å². The number of carboxylic acids is 1. The molecule has 0 radical (unpaired) electrons. The Hall–Kier alpha value is -1.23. The molecule has 76 valence electrons. The van der Waals surface area contributed by atoms with Gasteiger partial charge in [0.25, 0.3) is 6.43 Å². The fourth-order valence-electron chi connectivity index (χ4n) is 0.939. The quantitative estimate of drug-likeness (QED) is 0.798. The van der Waals surface area contributed by atoms with Gasteiger partial charge in [-0.3, -0.25) is 0 Å². The molecule has 6 heteroatoms. The highest BCUT2D eigenvalue weighted by Gasteiger charge is 2.19. The molecule has 1 heterocycles. The third kappa shape index (κ3) is 2.17. The first-order valence-corrected chi connectivity index (χ1v) is 4.17. The van der Waals surface area contributed by atoms with Gasteiger partial charge in [0.1, 0.15) is 5.69 Å². The van der Waals surface area contributed by atoms with E-state index in [1.807, 2.05) is 0 Å². The van der Waals surface area contributed by atoms with E-state index in [1.165, 1.54) is 6.07 Å². The number of halogens is 3. The third-order valence-corrected chi connectivity index (χ3v) is 1.83. The summed E-state index contributed by atoms with van der Waals surface area (Å²) in [5.41, 5.74) is -1.00. The number of hydrogen-bond acceptors (Lipinski definition) is 2. The van der Waals surface area contributed by atoms with Crippen LogP contribution >= 0.6 is 11.6 Å². The summed E-state index contributed by atoms with van der Waals surface area (Å²) in [4.78, 5) is 14.0. The molecule has 0 saturated heterocycles. The Kier molecular flexibility index (Phi) is 3.35. The third-order valence-electron chi connectivity index (χ3n) is 1.56. The van der Waals surface area contributed by atoms with Crippen LogP contribution < -0.4 is 0 Å². The predicted octanol–water partition coefficient (Wildman–Crippen LogP) is 2.46. The minimum atomic E-state index is -2.91. The second-order valence-corrected chi connectivity index (χ2v) is 2.74. The van der Waals surface area contributed by atoms with Crippen molar-refractivity contribution in [3.8, 4) is 0 Å². The zero-order valence-corrected chi connectivity index (χ0v) is 7.63. The lowest BCUT2D eigenvalue weighted by Crippen LogP contribution is -2.06. The van der Waals surface area contributed by atoms with E-state index in [1.54, 1.807) is 0 Å². The number of rotatable bonds is 3. The predicted molar refractivity (Wildman–Crippen MR) is 45.7 cm³/mol. The van der Waals surface area contributed by atoms with Gasteiger partial charge in [0.2, 0.25) is 0 Å². The van der Waals surface area contributed by atoms with E-state index in [4.69, 9.17) is 16.7 Å². The second-order valence-electron chi connectivity index (χ2n) is 2.47. The molecule has 0 aliphatic heterocycles. The van der Waals surface area contributed by atoms with Crippen LogP contribution in [0, 0.1) is 0 Å². The van der Waals surface area contributed by atoms with Crippen molar-refractivity contribution in [1.29, 1.82) is 0 Å². The molecule has 3 nitrogen and oxygen atoms in total. The van der Waals surface area contributed by atoms with Gasteiger partial charge in [0.05, 0.1) is 17.1 Å². The number of nitrogens with zero attached hydrogens (tertiary/aromatic N) is 1. The van der Waals surface area contributed by atoms with Crippen LogP contribution in [0.1, 0.15) is 28.2 Å². The van der Waals surface area contributed by atoms with Crippen molar-refractivity contribution in [2.45, 2.75) is 12.3 Å². The van der Waals surface area contributed by atoms with Crippen LogP contribution in [0.2, 0.25) is 0 Å². The number of hydrogen-bond donors (Lipinski definition) is 1. The van der Waals surface area contributed by atoms with Crippen molar-refractivity contribution in [3.63, 3.8) is 0 Å². The first-order valence-electron chi connectivity index (χ1n) is 3.63. The Bertz CT molecular complexity index is 357. The highest BCUT2D eigenvalue weighted by Crippen LogP contribution is 2.21. The Morgan fingerprint density at radius 1 is 1.57 bits per heavy atom. The van der Waals surface area contributed by atoms with E-state index in [2.05, 4.69) is 4.98 Å². The average Bonchev–Trinajstić information content (AvgIpc) is 2.16. The summed E-state index contributed by atoms with van der Waals surface area (Å²) >= 11 is 5.38. The summed E-state index contributed by atoms with van der Waals surface area (Å²) in [5.74, 6) is -1.45. The fourth-order valence-corrected chi connectivity index (χ4v) is 1.09. The van der Waals surface area contributed by atoms with Crippen LogP contribution in [-0.4, -0.2) is 16.1 Å². The van der Waals surface area contributed by atoms with Gasteiger partial charge >= 0.3 is 5.97 Å². The zero-order valence-electron chi connectivity index (χ0n) is 6.88. The topological polar surface area (TPSA) is 50.2 Å². The fraction of sp³-hybridized carbons (Fsp3) is 0.250. The first-order chi connectivity index (χ1) is 6.56. The van der Waals surface area contributed by atoms with E-state index < -0.39 is 23.7 Å². The first kappa shape index (κ1) is 10.8. The van der Waals surface area contributed by atoms with Crippen molar-refractivity contribution in [3.05, 3.63) is 29.1 Å². The maximum atomic E-state index is 12.3. The number of carboxylic acid groups (broad SMARTS) is 1. The van der Waals surface area contributed by atoms with Crippen molar-refractivity contribution < 1.29 is 18.7 Å². The maximum Gasteiger partial charge on any atom is 0.337 e. The highest BCUT2D eigenvalue weighted by molar-refractivity contribution is 6.16. The van der Waals surface area contributed by atoms with Gasteiger partial charge in [-0.05, 0) is 12.1 Å². The van der Waals surface area contributed by atoms with Crippen molar-refractivity contribution in [1.82, 2.24) is 4.98 Å². The van der Waals surface area contributed by atoms with E-state index in [0.717, 1.165) is 6.07 Å². The van der Waals surface area contributed by atoms with Crippen molar-refractivity contribution >= 4 is 17.6 Å². The number of carbonyl (C=O) groups is 1. The van der Waals surface area contributed by atoms with Crippen LogP contribution in [0.15, 0.2) is 12.1 Å². The number of aromatic nitrogens is 1. The molecule has 0 aliphatic carbocycles. The Morgan fingerprint density at radius 3 is 2.64 bits per heavy atom. The van der Waals surface area contributed by atoms with Crippen molar-refractivity contribution in [2.75, 3.05) is 0 Å². The molecule has 0 aliphatic rings. The van der Waals surface area contributed by atoms with Gasteiger partial charge in [0.15, 0.2) is 0 Å². The van der Waals surface area contributed by atoms with Gasteiger partial charge in [-0.2, -0.15) is 0 Å². The largest absolute Gasteiger partial charge is 0.478 e. The van der Waals surface area contributed by atoms with Gasteiger partial charge in [-0.15, -0.1) is 11.6 Å². The van der Waals surface area contributed by atoms with Gasteiger partial charge in [0, 0.05) is 0 Å². The molecule has 0 saturated carbocycles. The normalized spacial score (nSPS) is 10.6. The van der Waals surface area contributed by atoms with Gasteiger partial charge < -0.3 is 5.11 Å². The monoisotopic (exact) mass is 221 g/mol. The lowest BCUT2D eigenvalue weighted by atomic mass is 10.2. The molecule has 1 aromatic heterocycles. The molecule has 1 aromatic rings. The Balaban J connectivity index is 3.24. The molecule has 0 spiro atoms. The summed E-state index contributed by atoms with van der Waals surface area (Å²) in [6.45, 7) is 0. The lowest BCUT2D eigenvalue weighted by Gasteiger charge is -2.05. The lowest BCUT2D eigenvalue weighted by molar-refractivity contribution is 0.0682. The van der Waals surface area contributed by atoms with Gasteiger partial charge in [-0.25, -0.2) is 18.6 Å². The van der Waals surface area contributed by atoms with Crippen LogP contribution in [-0.2, 0) is 5.88 Å². The van der Waals surface area contributed by atoms with E-state index in [9.17, 15) is 13.6 Å². The molecular weight excluding hydrogens is 216 g/mol. The van der Waals surface area contributed by atoms with Crippen molar-refractivity contribution in [2.24, 2.45) is 0 Å². The number of alkyl halides is 3. The summed E-state index contributed by atoms with van der Waals surface area (Å²) in [6.07, 6.45) is -2.91. The summed E-state index contributed by atoms with van der Waals surface area (Å²) in [5, 5.41) is 8.57. The molecule has 1 rings (SSSR count). The van der Waals surface area contributed by atoms with Gasteiger partial charge in [-0.1, -0.05) is 0 Å². The Morgan fingerprint density at radius 2 is 2.21 bits per heavy atom. The maximum absolute atomic E-state index is 12.3. The molecule has 0 amide bonds. The number of aromatic carboxylic acids is 1. The minimum absolute atomic E-state index is 0.0282. The average molecular weight is 222 g/mol. The van der Waals surface area contributed by atoms with Crippen LogP contribution in [0.5, 0.6) is 0 Å². The minimum Gasteiger partial charge on any atom is -0.478 e. The summed E-state index contributed by atoms with van der Waals surface area (Å²) < 4.78 is 24.7. The van der Waals surface area contributed by atoms with E-state index in [-0.39, 0.29) is 11.6 Å². The molecule has 0 fully saturated rings. The number of pyridine rings is 1. The molecule has 0 bridgehead atoms. The summed E-state index contributed by atoms with van der Waals surface area (Å²) in [6, 6.07) is 2.39. The molecular formula is C8H6ClF2NO2. The molecule has 0 aromatic carbocycles. The molecule has 14 heavy (non-hydrogen) atoms. The van der Waals surface area contributed by atoms with E-state index >= 15 is 0 Å². The van der Waals surface area contributed by atoms with E-state index in [0.29, 0.717) is 0 Å². The smallest absolute Gasteiger partial charge is 0.337 e. The molecule has 1 N–H and O–H groups in total. The Labute approximate surface area is 83.3 Å². The SMILES string of the molecule is O=C(O)c1ccc(CCl)nc1C(F)F. The zero-order chi connectivity index (χ0) is 10.7. The molecule has 0 atom stereocenters. The standard InChI is InChI=1S/C8H6ClF2NO2/c9-3-4-1-2-5(8(13)14)6(12-4)7(10)11/h1-2,7H,3H2,(H,13,14). The highest BCUT2D eigenvalue weighted by atomic mass is 35.5. The van der Waals surface area contributed by atoms with Crippen LogP contribution in [0.25, 0.3) is 0 Å². The van der Waals surface area contributed by atoms with Crippen LogP contribution in [0.4, 0.5) is 8.78 Å².